The minimum atomic E-state index is -0.451. The molecule has 7 heteroatoms. The van der Waals surface area contributed by atoms with Crippen LogP contribution in [0.15, 0.2) is 54.7 Å². The number of aromatic nitrogens is 1. The second-order valence-electron chi connectivity index (χ2n) is 6.25. The molecular formula is C21H21N3O4. The van der Waals surface area contributed by atoms with Gasteiger partial charge in [0.2, 0.25) is 11.8 Å². The fourth-order valence-corrected chi connectivity index (χ4v) is 2.90. The Kier molecular flexibility index (Phi) is 6.06. The number of para-hydroxylation sites is 1. The van der Waals surface area contributed by atoms with Crippen LogP contribution in [-0.4, -0.2) is 36.4 Å². The van der Waals surface area contributed by atoms with Crippen LogP contribution in [-0.2, 0) is 20.7 Å². The first-order chi connectivity index (χ1) is 13.6. The van der Waals surface area contributed by atoms with Crippen molar-refractivity contribution in [2.45, 2.75) is 12.8 Å². The number of hydrogen-bond donors (Lipinski definition) is 3. The number of ether oxygens (including phenoxy) is 1. The van der Waals surface area contributed by atoms with Crippen LogP contribution in [0.5, 0.6) is 0 Å². The Labute approximate surface area is 162 Å². The number of rotatable bonds is 7. The van der Waals surface area contributed by atoms with Crippen molar-refractivity contribution in [3.8, 4) is 0 Å². The predicted molar refractivity (Wildman–Crippen MR) is 106 cm³/mol. The maximum Gasteiger partial charge on any atom is 0.337 e. The third kappa shape index (κ3) is 4.76. The van der Waals surface area contributed by atoms with E-state index >= 15 is 0 Å². The summed E-state index contributed by atoms with van der Waals surface area (Å²) >= 11 is 0. The van der Waals surface area contributed by atoms with E-state index in [2.05, 4.69) is 20.4 Å². The van der Waals surface area contributed by atoms with Crippen LogP contribution < -0.4 is 10.6 Å². The summed E-state index contributed by atoms with van der Waals surface area (Å²) in [6.45, 7) is 0.446. The average Bonchev–Trinajstić information content (AvgIpc) is 3.11. The number of anilines is 1. The molecule has 0 bridgehead atoms. The molecule has 0 fully saturated rings. The van der Waals surface area contributed by atoms with Crippen molar-refractivity contribution in [1.82, 2.24) is 10.3 Å². The average molecular weight is 379 g/mol. The Hall–Kier alpha value is -3.61. The molecule has 0 aliphatic carbocycles. The second-order valence-corrected chi connectivity index (χ2v) is 6.25. The molecule has 2 amide bonds. The van der Waals surface area contributed by atoms with E-state index in [9.17, 15) is 14.4 Å². The van der Waals surface area contributed by atoms with Crippen molar-refractivity contribution >= 4 is 34.4 Å². The zero-order valence-corrected chi connectivity index (χ0v) is 15.5. The standard InChI is InChI=1S/C21H21N3O4/c1-28-21(27)14-6-8-16(9-7-14)24-20(26)12-19(25)22-11-10-15-13-23-18-5-3-2-4-17(15)18/h2-9,13,23H,10-12H2,1H3,(H,22,25)(H,24,26). The molecule has 0 spiro atoms. The Morgan fingerprint density at radius 1 is 1.00 bits per heavy atom. The van der Waals surface area contributed by atoms with Gasteiger partial charge in [0.05, 0.1) is 12.7 Å². The van der Waals surface area contributed by atoms with Crippen molar-refractivity contribution in [3.05, 3.63) is 65.9 Å². The molecule has 0 saturated heterocycles. The van der Waals surface area contributed by atoms with E-state index in [1.807, 2.05) is 30.5 Å². The lowest BCUT2D eigenvalue weighted by molar-refractivity contribution is -0.126. The molecule has 3 rings (SSSR count). The highest BCUT2D eigenvalue weighted by Gasteiger charge is 2.11. The zero-order chi connectivity index (χ0) is 19.9. The fraction of sp³-hybridized carbons (Fsp3) is 0.190. The number of carbonyl (C=O) groups is 3. The summed E-state index contributed by atoms with van der Waals surface area (Å²) in [6, 6.07) is 14.2. The molecule has 2 aromatic carbocycles. The number of fused-ring (bicyclic) bond motifs is 1. The number of hydrogen-bond acceptors (Lipinski definition) is 4. The van der Waals surface area contributed by atoms with E-state index < -0.39 is 11.9 Å². The summed E-state index contributed by atoms with van der Waals surface area (Å²) in [5.41, 5.74) is 3.06. The van der Waals surface area contributed by atoms with Crippen molar-refractivity contribution in [1.29, 1.82) is 0 Å². The molecule has 0 unspecified atom stereocenters. The van der Waals surface area contributed by atoms with Crippen LogP contribution in [0, 0.1) is 0 Å². The largest absolute Gasteiger partial charge is 0.465 e. The molecule has 144 valence electrons. The van der Waals surface area contributed by atoms with Crippen LogP contribution >= 0.6 is 0 Å². The minimum absolute atomic E-state index is 0.271. The number of carbonyl (C=O) groups excluding carboxylic acids is 3. The summed E-state index contributed by atoms with van der Waals surface area (Å²) in [6.07, 6.45) is 2.33. The van der Waals surface area contributed by atoms with E-state index in [0.29, 0.717) is 24.2 Å². The van der Waals surface area contributed by atoms with Gasteiger partial charge in [-0.05, 0) is 42.3 Å². The quantitative estimate of drug-likeness (QED) is 0.434. The van der Waals surface area contributed by atoms with Gasteiger partial charge in [0.25, 0.3) is 0 Å². The number of esters is 1. The number of benzene rings is 2. The van der Waals surface area contributed by atoms with Crippen LogP contribution in [0.25, 0.3) is 10.9 Å². The van der Waals surface area contributed by atoms with Gasteiger partial charge in [-0.1, -0.05) is 18.2 Å². The number of amides is 2. The molecule has 0 aliphatic rings. The summed E-state index contributed by atoms with van der Waals surface area (Å²) in [4.78, 5) is 38.6. The molecule has 1 heterocycles. The van der Waals surface area contributed by atoms with Gasteiger partial charge in [-0.15, -0.1) is 0 Å². The fourth-order valence-electron chi connectivity index (χ4n) is 2.90. The maximum absolute atomic E-state index is 12.0. The van der Waals surface area contributed by atoms with E-state index in [1.165, 1.54) is 7.11 Å². The highest BCUT2D eigenvalue weighted by molar-refractivity contribution is 6.03. The first-order valence-electron chi connectivity index (χ1n) is 8.87. The van der Waals surface area contributed by atoms with Gasteiger partial charge in [0.1, 0.15) is 6.42 Å². The first kappa shape index (κ1) is 19.2. The minimum Gasteiger partial charge on any atom is -0.465 e. The monoisotopic (exact) mass is 379 g/mol. The summed E-state index contributed by atoms with van der Waals surface area (Å²) in [7, 11) is 1.30. The molecule has 0 radical (unpaired) electrons. The summed E-state index contributed by atoms with van der Waals surface area (Å²) < 4.78 is 4.62. The van der Waals surface area contributed by atoms with Gasteiger partial charge < -0.3 is 20.4 Å². The number of H-pyrrole nitrogens is 1. The SMILES string of the molecule is COC(=O)c1ccc(NC(=O)CC(=O)NCCc2c[nH]c3ccccc23)cc1. The molecule has 1 aromatic heterocycles. The summed E-state index contributed by atoms with van der Waals surface area (Å²) in [5.74, 6) is -1.22. The number of aromatic amines is 1. The first-order valence-corrected chi connectivity index (χ1v) is 8.87. The van der Waals surface area contributed by atoms with Gasteiger partial charge >= 0.3 is 5.97 Å². The van der Waals surface area contributed by atoms with Crippen molar-refractivity contribution in [2.24, 2.45) is 0 Å². The number of methoxy groups -OCH3 is 1. The van der Waals surface area contributed by atoms with Crippen molar-refractivity contribution in [3.63, 3.8) is 0 Å². The Balaban J connectivity index is 1.44. The van der Waals surface area contributed by atoms with Gasteiger partial charge in [-0.25, -0.2) is 4.79 Å². The van der Waals surface area contributed by atoms with Gasteiger partial charge in [-0.2, -0.15) is 0 Å². The summed E-state index contributed by atoms with van der Waals surface area (Å²) in [5, 5.41) is 6.52. The normalized spacial score (nSPS) is 10.5. The molecule has 0 aliphatic heterocycles. The topological polar surface area (TPSA) is 100 Å². The van der Waals surface area contributed by atoms with E-state index in [-0.39, 0.29) is 12.3 Å². The van der Waals surface area contributed by atoms with Crippen molar-refractivity contribution in [2.75, 3.05) is 19.0 Å². The Bertz CT molecular complexity index is 992. The van der Waals surface area contributed by atoms with Gasteiger partial charge in [0.15, 0.2) is 0 Å². The van der Waals surface area contributed by atoms with Crippen LogP contribution in [0.4, 0.5) is 5.69 Å². The third-order valence-corrected chi connectivity index (χ3v) is 4.30. The Morgan fingerprint density at radius 3 is 2.50 bits per heavy atom. The molecule has 3 aromatic rings. The van der Waals surface area contributed by atoms with E-state index in [1.54, 1.807) is 24.3 Å². The third-order valence-electron chi connectivity index (χ3n) is 4.30. The molecule has 28 heavy (non-hydrogen) atoms. The second kappa shape index (κ2) is 8.85. The lowest BCUT2D eigenvalue weighted by atomic mass is 10.1. The van der Waals surface area contributed by atoms with Crippen molar-refractivity contribution < 1.29 is 19.1 Å². The lowest BCUT2D eigenvalue weighted by Gasteiger charge is -2.07. The molecule has 3 N–H and O–H groups in total. The van der Waals surface area contributed by atoms with Gasteiger partial charge in [-0.3, -0.25) is 9.59 Å². The lowest BCUT2D eigenvalue weighted by Crippen LogP contribution is -2.29. The maximum atomic E-state index is 12.0. The zero-order valence-electron chi connectivity index (χ0n) is 15.5. The van der Waals surface area contributed by atoms with E-state index in [4.69, 9.17) is 0 Å². The van der Waals surface area contributed by atoms with Crippen LogP contribution in [0.1, 0.15) is 22.3 Å². The molecule has 0 saturated carbocycles. The van der Waals surface area contributed by atoms with E-state index in [0.717, 1.165) is 16.5 Å². The molecular weight excluding hydrogens is 358 g/mol. The van der Waals surface area contributed by atoms with Crippen LogP contribution in [0.2, 0.25) is 0 Å². The molecule has 7 nitrogen and oxygen atoms in total. The number of nitrogens with one attached hydrogen (secondary N) is 3. The smallest absolute Gasteiger partial charge is 0.337 e. The molecule has 0 atom stereocenters. The predicted octanol–water partition coefficient (Wildman–Crippen LogP) is 2.64. The highest BCUT2D eigenvalue weighted by atomic mass is 16.5. The van der Waals surface area contributed by atoms with Crippen LogP contribution in [0.3, 0.4) is 0 Å². The van der Waals surface area contributed by atoms with Gasteiger partial charge in [0, 0.05) is 29.3 Å². The highest BCUT2D eigenvalue weighted by Crippen LogP contribution is 2.17. The Morgan fingerprint density at radius 2 is 1.75 bits per heavy atom.